The van der Waals surface area contributed by atoms with E-state index in [0.29, 0.717) is 0 Å². The molecule has 3 aromatic rings. The zero-order valence-corrected chi connectivity index (χ0v) is 23.2. The number of benzene rings is 3. The van der Waals surface area contributed by atoms with Gasteiger partial charge in [-0.15, -0.1) is 0 Å². The standard InChI is InChI=1S/C32H36O9/c1-35-30(34)26(33)27-28(38-19-23-14-8-4-9-15-23)32(40-20-24-16-10-5-11-17-24)25(21-39-29(32)31(36-2)41-27)37-18-22-12-6-3-7-13-22/h3-17,25-29,31,33H,18-21H2,1-2H3/t25-,26+,27+,28+,29-,31-,32-/m0/s1. The minimum absolute atomic E-state index is 0.155. The van der Waals surface area contributed by atoms with Crippen molar-refractivity contribution in [3.05, 3.63) is 108 Å². The third-order valence-corrected chi connectivity index (χ3v) is 7.54. The van der Waals surface area contributed by atoms with E-state index in [1.54, 1.807) is 0 Å². The van der Waals surface area contributed by atoms with E-state index in [4.69, 9.17) is 33.2 Å². The fourth-order valence-corrected chi connectivity index (χ4v) is 5.47. The molecule has 2 aliphatic rings. The Labute approximate surface area is 239 Å². The average molecular weight is 565 g/mol. The van der Waals surface area contributed by atoms with Crippen LogP contribution < -0.4 is 0 Å². The van der Waals surface area contributed by atoms with Crippen molar-refractivity contribution in [2.45, 2.75) is 62.2 Å². The molecule has 1 N–H and O–H groups in total. The van der Waals surface area contributed by atoms with Gasteiger partial charge in [-0.25, -0.2) is 4.79 Å². The molecule has 2 saturated heterocycles. The Balaban J connectivity index is 1.56. The van der Waals surface area contributed by atoms with Gasteiger partial charge in [0, 0.05) is 7.11 Å². The summed E-state index contributed by atoms with van der Waals surface area (Å²) in [6.45, 7) is 0.786. The Morgan fingerprint density at radius 3 is 1.93 bits per heavy atom. The molecule has 7 atom stereocenters. The number of fused-ring (bicyclic) bond motifs is 1. The van der Waals surface area contributed by atoms with Crippen molar-refractivity contribution < 1.29 is 43.1 Å². The lowest BCUT2D eigenvalue weighted by atomic mass is 9.79. The van der Waals surface area contributed by atoms with Gasteiger partial charge in [0.05, 0.1) is 33.5 Å². The summed E-state index contributed by atoms with van der Waals surface area (Å²) in [7, 11) is 2.68. The van der Waals surface area contributed by atoms with Crippen LogP contribution in [0.15, 0.2) is 91.0 Å². The van der Waals surface area contributed by atoms with Crippen LogP contribution in [-0.4, -0.2) is 74.3 Å². The fourth-order valence-electron chi connectivity index (χ4n) is 5.47. The molecule has 2 heterocycles. The topological polar surface area (TPSA) is 102 Å². The van der Waals surface area contributed by atoms with Gasteiger partial charge < -0.3 is 38.3 Å². The maximum Gasteiger partial charge on any atom is 0.337 e. The Bertz CT molecular complexity index is 1230. The number of methoxy groups -OCH3 is 2. The normalized spacial score (nSPS) is 28.1. The number of esters is 1. The Kier molecular flexibility index (Phi) is 9.79. The van der Waals surface area contributed by atoms with E-state index in [1.807, 2.05) is 91.0 Å². The molecule has 0 aliphatic carbocycles. The van der Waals surface area contributed by atoms with Gasteiger partial charge in [-0.1, -0.05) is 91.0 Å². The van der Waals surface area contributed by atoms with Crippen LogP contribution in [0.1, 0.15) is 16.7 Å². The monoisotopic (exact) mass is 564 g/mol. The first-order chi connectivity index (χ1) is 20.1. The number of ether oxygens (including phenoxy) is 7. The van der Waals surface area contributed by atoms with Crippen molar-refractivity contribution in [3.63, 3.8) is 0 Å². The summed E-state index contributed by atoms with van der Waals surface area (Å²) in [6, 6.07) is 29.1. The van der Waals surface area contributed by atoms with Gasteiger partial charge in [-0.05, 0) is 16.7 Å². The molecule has 3 aromatic carbocycles. The summed E-state index contributed by atoms with van der Waals surface area (Å²) >= 11 is 0. The molecule has 0 spiro atoms. The van der Waals surface area contributed by atoms with Crippen LogP contribution in [-0.2, 0) is 57.8 Å². The van der Waals surface area contributed by atoms with Crippen LogP contribution in [0.2, 0.25) is 0 Å². The Morgan fingerprint density at radius 1 is 0.854 bits per heavy atom. The number of rotatable bonds is 12. The number of aliphatic hydroxyl groups is 1. The van der Waals surface area contributed by atoms with Crippen molar-refractivity contribution >= 4 is 5.97 Å². The molecular formula is C32H36O9. The smallest absolute Gasteiger partial charge is 0.337 e. The van der Waals surface area contributed by atoms with E-state index in [1.165, 1.54) is 14.2 Å². The van der Waals surface area contributed by atoms with Gasteiger partial charge in [-0.3, -0.25) is 0 Å². The van der Waals surface area contributed by atoms with Gasteiger partial charge >= 0.3 is 5.97 Å². The highest BCUT2D eigenvalue weighted by Gasteiger charge is 2.68. The molecule has 0 amide bonds. The van der Waals surface area contributed by atoms with Crippen LogP contribution in [0, 0.1) is 0 Å². The van der Waals surface area contributed by atoms with E-state index >= 15 is 0 Å². The van der Waals surface area contributed by atoms with Gasteiger partial charge in [0.15, 0.2) is 18.0 Å². The SMILES string of the molecule is COC(=O)[C@H](O)[C@H]1O[C@H](OC)[C@@H]2OC[C@H](OCc3ccccc3)[C@]2(OCc2ccccc2)[C@@H]1OCc1ccccc1. The van der Waals surface area contributed by atoms with E-state index in [2.05, 4.69) is 0 Å². The lowest BCUT2D eigenvalue weighted by Crippen LogP contribution is -2.72. The third-order valence-electron chi connectivity index (χ3n) is 7.54. The molecule has 0 bridgehead atoms. The molecular weight excluding hydrogens is 528 g/mol. The van der Waals surface area contributed by atoms with Crippen LogP contribution in [0.3, 0.4) is 0 Å². The van der Waals surface area contributed by atoms with E-state index in [9.17, 15) is 9.90 Å². The molecule has 218 valence electrons. The van der Waals surface area contributed by atoms with E-state index < -0.39 is 48.4 Å². The molecule has 9 heteroatoms. The molecule has 2 aliphatic heterocycles. The fraction of sp³-hybridized carbons (Fsp3) is 0.406. The Morgan fingerprint density at radius 2 is 1.39 bits per heavy atom. The molecule has 5 rings (SSSR count). The summed E-state index contributed by atoms with van der Waals surface area (Å²) in [4.78, 5) is 12.6. The molecule has 2 fully saturated rings. The number of aliphatic hydroxyl groups excluding tert-OH is 1. The van der Waals surface area contributed by atoms with Crippen LogP contribution >= 0.6 is 0 Å². The summed E-state index contributed by atoms with van der Waals surface area (Å²) in [6.07, 6.45) is -6.36. The average Bonchev–Trinajstić information content (AvgIpc) is 3.41. The maximum absolute atomic E-state index is 12.6. The van der Waals surface area contributed by atoms with Crippen molar-refractivity contribution in [1.82, 2.24) is 0 Å². The molecule has 0 saturated carbocycles. The first kappa shape index (κ1) is 29.3. The lowest BCUT2D eigenvalue weighted by Gasteiger charge is -2.52. The highest BCUT2D eigenvalue weighted by atomic mass is 16.7. The quantitative estimate of drug-likeness (QED) is 0.332. The number of hydrogen-bond acceptors (Lipinski definition) is 9. The zero-order valence-electron chi connectivity index (χ0n) is 23.2. The van der Waals surface area contributed by atoms with Gasteiger partial charge in [0.2, 0.25) is 0 Å². The van der Waals surface area contributed by atoms with Gasteiger partial charge in [-0.2, -0.15) is 0 Å². The second-order valence-corrected chi connectivity index (χ2v) is 10.1. The first-order valence-corrected chi connectivity index (χ1v) is 13.6. The molecule has 0 aromatic heterocycles. The number of carbonyl (C=O) groups is 1. The first-order valence-electron chi connectivity index (χ1n) is 13.6. The second-order valence-electron chi connectivity index (χ2n) is 10.1. The van der Waals surface area contributed by atoms with Crippen molar-refractivity contribution in [1.29, 1.82) is 0 Å². The maximum atomic E-state index is 12.6. The molecule has 41 heavy (non-hydrogen) atoms. The van der Waals surface area contributed by atoms with E-state index in [-0.39, 0.29) is 26.4 Å². The van der Waals surface area contributed by atoms with E-state index in [0.717, 1.165) is 16.7 Å². The Hall–Kier alpha value is -3.15. The lowest BCUT2D eigenvalue weighted by molar-refractivity contribution is -0.349. The van der Waals surface area contributed by atoms with Gasteiger partial charge in [0.25, 0.3) is 0 Å². The predicted molar refractivity (Wildman–Crippen MR) is 147 cm³/mol. The predicted octanol–water partition coefficient (Wildman–Crippen LogP) is 3.42. The third kappa shape index (κ3) is 6.37. The summed E-state index contributed by atoms with van der Waals surface area (Å²) in [5.74, 6) is -0.865. The summed E-state index contributed by atoms with van der Waals surface area (Å²) in [5, 5.41) is 11.2. The van der Waals surface area contributed by atoms with Crippen LogP contribution in [0.4, 0.5) is 0 Å². The zero-order chi connectivity index (χ0) is 28.7. The minimum atomic E-state index is -1.69. The van der Waals surface area contributed by atoms with Gasteiger partial charge in [0.1, 0.15) is 24.4 Å². The van der Waals surface area contributed by atoms with Crippen molar-refractivity contribution in [3.8, 4) is 0 Å². The second kappa shape index (κ2) is 13.7. The van der Waals surface area contributed by atoms with Crippen molar-refractivity contribution in [2.24, 2.45) is 0 Å². The highest BCUT2D eigenvalue weighted by Crippen LogP contribution is 2.46. The highest BCUT2D eigenvalue weighted by molar-refractivity contribution is 5.75. The summed E-state index contributed by atoms with van der Waals surface area (Å²) in [5.41, 5.74) is 1.44. The van der Waals surface area contributed by atoms with Crippen LogP contribution in [0.5, 0.6) is 0 Å². The number of carbonyl (C=O) groups excluding carboxylic acids is 1. The van der Waals surface area contributed by atoms with Crippen molar-refractivity contribution in [2.75, 3.05) is 20.8 Å². The summed E-state index contributed by atoms with van der Waals surface area (Å²) < 4.78 is 42.9. The largest absolute Gasteiger partial charge is 0.467 e. The molecule has 0 unspecified atom stereocenters. The molecule has 0 radical (unpaired) electrons. The number of hydrogen-bond donors (Lipinski definition) is 1. The minimum Gasteiger partial charge on any atom is -0.467 e. The van der Waals surface area contributed by atoms with Crippen LogP contribution in [0.25, 0.3) is 0 Å². The molecule has 9 nitrogen and oxygen atoms in total.